The normalized spacial score (nSPS) is 10.7. The Labute approximate surface area is 156 Å². The van der Waals surface area contributed by atoms with Gasteiger partial charge in [0.15, 0.2) is 0 Å². The molecule has 1 heterocycles. The second kappa shape index (κ2) is 7.45. The van der Waals surface area contributed by atoms with E-state index in [1.807, 2.05) is 37.3 Å². The Morgan fingerprint density at radius 3 is 2.41 bits per heavy atom. The number of carbonyl (C=O) groups excluding carboxylic acids is 2. The Morgan fingerprint density at radius 2 is 1.78 bits per heavy atom. The molecule has 0 saturated carbocycles. The molecule has 0 N–H and O–H groups in total. The van der Waals surface area contributed by atoms with Crippen LogP contribution in [0.25, 0.3) is 11.0 Å². The fraction of sp³-hybridized carbons (Fsp3) is 0.190. The van der Waals surface area contributed by atoms with E-state index in [4.69, 9.17) is 4.74 Å². The highest BCUT2D eigenvalue weighted by Gasteiger charge is 2.20. The van der Waals surface area contributed by atoms with Crippen molar-refractivity contribution in [2.45, 2.75) is 27.0 Å². The molecule has 0 aliphatic heterocycles. The molecule has 0 amide bonds. The van der Waals surface area contributed by atoms with Crippen molar-refractivity contribution < 1.29 is 14.3 Å². The predicted molar refractivity (Wildman–Crippen MR) is 103 cm³/mol. The van der Waals surface area contributed by atoms with Crippen LogP contribution >= 0.6 is 0 Å². The molecule has 6 heteroatoms. The van der Waals surface area contributed by atoms with E-state index in [2.05, 4.69) is 6.58 Å². The number of hydrogen-bond donors (Lipinski definition) is 0. The third-order valence-corrected chi connectivity index (χ3v) is 4.26. The van der Waals surface area contributed by atoms with E-state index in [9.17, 15) is 14.4 Å². The molecule has 0 aliphatic carbocycles. The fourth-order valence-corrected chi connectivity index (χ4v) is 2.88. The molecule has 138 valence electrons. The van der Waals surface area contributed by atoms with Gasteiger partial charge in [-0.25, -0.2) is 14.2 Å². The highest BCUT2D eigenvalue weighted by molar-refractivity contribution is 6.02. The molecule has 0 aliphatic rings. The van der Waals surface area contributed by atoms with Crippen molar-refractivity contribution in [2.24, 2.45) is 0 Å². The van der Waals surface area contributed by atoms with Crippen molar-refractivity contribution in [1.29, 1.82) is 0 Å². The largest absolute Gasteiger partial charge is 0.457 e. The van der Waals surface area contributed by atoms with Crippen LogP contribution in [-0.4, -0.2) is 21.0 Å². The molecule has 1 aromatic heterocycles. The highest BCUT2D eigenvalue weighted by atomic mass is 16.5. The summed E-state index contributed by atoms with van der Waals surface area (Å²) in [5, 5.41) is 0. The summed E-state index contributed by atoms with van der Waals surface area (Å²) in [5.74, 6) is -1.02. The number of benzene rings is 2. The third kappa shape index (κ3) is 3.46. The summed E-state index contributed by atoms with van der Waals surface area (Å²) in [6.45, 7) is 7.54. The van der Waals surface area contributed by atoms with Crippen LogP contribution in [0.5, 0.6) is 0 Å². The Morgan fingerprint density at radius 1 is 1.07 bits per heavy atom. The van der Waals surface area contributed by atoms with Crippen molar-refractivity contribution in [1.82, 2.24) is 9.13 Å². The first-order chi connectivity index (χ1) is 12.9. The van der Waals surface area contributed by atoms with Gasteiger partial charge in [-0.2, -0.15) is 0 Å². The van der Waals surface area contributed by atoms with E-state index in [0.29, 0.717) is 17.6 Å². The van der Waals surface area contributed by atoms with Gasteiger partial charge >= 0.3 is 11.7 Å². The molecule has 6 nitrogen and oxygen atoms in total. The first-order valence-electron chi connectivity index (χ1n) is 8.60. The molecule has 2 aromatic carbocycles. The van der Waals surface area contributed by atoms with Gasteiger partial charge in [0.2, 0.25) is 0 Å². The van der Waals surface area contributed by atoms with Crippen LogP contribution < -0.4 is 5.69 Å². The van der Waals surface area contributed by atoms with Crippen molar-refractivity contribution in [2.75, 3.05) is 0 Å². The third-order valence-electron chi connectivity index (χ3n) is 4.26. The van der Waals surface area contributed by atoms with Gasteiger partial charge in [-0.1, -0.05) is 36.9 Å². The van der Waals surface area contributed by atoms with Crippen LogP contribution in [0.15, 0.2) is 65.5 Å². The minimum absolute atomic E-state index is 0.144. The number of aryl methyl sites for hydroxylation is 1. The second-order valence-electron chi connectivity index (χ2n) is 6.21. The summed E-state index contributed by atoms with van der Waals surface area (Å²) < 4.78 is 7.87. The van der Waals surface area contributed by atoms with Gasteiger partial charge in [-0.05, 0) is 37.6 Å². The number of carbonyl (C=O) groups is 2. The Bertz CT molecular complexity index is 1090. The minimum atomic E-state index is -0.522. The quantitative estimate of drug-likeness (QED) is 0.514. The van der Waals surface area contributed by atoms with Gasteiger partial charge in [0, 0.05) is 12.1 Å². The van der Waals surface area contributed by atoms with E-state index in [1.54, 1.807) is 19.1 Å². The molecule has 27 heavy (non-hydrogen) atoms. The smallest absolute Gasteiger partial charge is 0.338 e. The summed E-state index contributed by atoms with van der Waals surface area (Å²) in [6.07, 6.45) is 0. The SMILES string of the molecule is C=C(C)C(=O)n1c(=O)n(CC)c2ccc(C(=O)OCc3ccccc3)cc21. The van der Waals surface area contributed by atoms with Crippen molar-refractivity contribution in [3.05, 3.63) is 82.3 Å². The lowest BCUT2D eigenvalue weighted by Crippen LogP contribution is -2.29. The van der Waals surface area contributed by atoms with Gasteiger partial charge in [0.05, 0.1) is 16.6 Å². The lowest BCUT2D eigenvalue weighted by Gasteiger charge is -2.06. The molecule has 0 saturated heterocycles. The van der Waals surface area contributed by atoms with E-state index in [0.717, 1.165) is 10.1 Å². The van der Waals surface area contributed by atoms with E-state index in [-0.39, 0.29) is 17.7 Å². The number of rotatable bonds is 5. The Kier molecular flexibility index (Phi) is 5.07. The van der Waals surface area contributed by atoms with Crippen molar-refractivity contribution >= 4 is 22.9 Å². The van der Waals surface area contributed by atoms with Gasteiger partial charge in [0.25, 0.3) is 5.91 Å². The Balaban J connectivity index is 1.99. The average Bonchev–Trinajstić information content (AvgIpc) is 2.96. The number of hydrogen-bond acceptors (Lipinski definition) is 4. The maximum atomic E-state index is 12.6. The molecule has 3 aromatic rings. The van der Waals surface area contributed by atoms with Gasteiger partial charge in [-0.15, -0.1) is 0 Å². The molecule has 0 unspecified atom stereocenters. The zero-order chi connectivity index (χ0) is 19.6. The van der Waals surface area contributed by atoms with Gasteiger partial charge in [0.1, 0.15) is 6.61 Å². The first-order valence-corrected chi connectivity index (χ1v) is 8.60. The Hall–Kier alpha value is -3.41. The molecular formula is C21H20N2O4. The van der Waals surface area contributed by atoms with Crippen LogP contribution in [-0.2, 0) is 17.9 Å². The maximum Gasteiger partial charge on any atom is 0.338 e. The molecule has 0 bridgehead atoms. The number of aromatic nitrogens is 2. The highest BCUT2D eigenvalue weighted by Crippen LogP contribution is 2.18. The second-order valence-corrected chi connectivity index (χ2v) is 6.21. The predicted octanol–water partition coefficient (Wildman–Crippen LogP) is 3.40. The first kappa shape index (κ1) is 18.4. The maximum absolute atomic E-state index is 12.6. The number of fused-ring (bicyclic) bond motifs is 1. The molecule has 0 atom stereocenters. The van der Waals surface area contributed by atoms with Crippen molar-refractivity contribution in [3.8, 4) is 0 Å². The summed E-state index contributed by atoms with van der Waals surface area (Å²) in [6, 6.07) is 14.1. The fourth-order valence-electron chi connectivity index (χ4n) is 2.88. The van der Waals surface area contributed by atoms with Crippen LogP contribution in [0.1, 0.15) is 34.6 Å². The average molecular weight is 364 g/mol. The monoisotopic (exact) mass is 364 g/mol. The molecule has 0 fully saturated rings. The number of nitrogens with zero attached hydrogens (tertiary/aromatic N) is 2. The van der Waals surface area contributed by atoms with Gasteiger partial charge < -0.3 is 4.74 Å². The number of imidazole rings is 1. The number of ether oxygens (including phenoxy) is 1. The summed E-state index contributed by atoms with van der Waals surface area (Å²) in [5.41, 5.74) is 1.88. The molecule has 3 rings (SSSR count). The summed E-state index contributed by atoms with van der Waals surface area (Å²) in [7, 11) is 0. The van der Waals surface area contributed by atoms with E-state index >= 15 is 0 Å². The number of allylic oxidation sites excluding steroid dienone is 1. The van der Waals surface area contributed by atoms with Crippen molar-refractivity contribution in [3.63, 3.8) is 0 Å². The zero-order valence-corrected chi connectivity index (χ0v) is 15.3. The van der Waals surface area contributed by atoms with Crippen LogP contribution in [0.3, 0.4) is 0 Å². The molecule has 0 spiro atoms. The molecule has 0 radical (unpaired) electrons. The summed E-state index contributed by atoms with van der Waals surface area (Å²) >= 11 is 0. The van der Waals surface area contributed by atoms with Crippen LogP contribution in [0.2, 0.25) is 0 Å². The van der Waals surface area contributed by atoms with E-state index in [1.165, 1.54) is 10.6 Å². The van der Waals surface area contributed by atoms with Gasteiger partial charge in [-0.3, -0.25) is 9.36 Å². The summed E-state index contributed by atoms with van der Waals surface area (Å²) in [4.78, 5) is 37.5. The minimum Gasteiger partial charge on any atom is -0.457 e. The van der Waals surface area contributed by atoms with Crippen LogP contribution in [0.4, 0.5) is 0 Å². The lowest BCUT2D eigenvalue weighted by atomic mass is 10.2. The standard InChI is InChI=1S/C21H20N2O4/c1-4-22-17-11-10-16(20(25)27-13-15-8-6-5-7-9-15)12-18(17)23(21(22)26)19(24)14(2)3/h5-12H,2,4,13H2,1,3H3. The van der Waals surface area contributed by atoms with Crippen LogP contribution in [0, 0.1) is 0 Å². The molecular weight excluding hydrogens is 344 g/mol. The van der Waals surface area contributed by atoms with E-state index < -0.39 is 17.6 Å². The topological polar surface area (TPSA) is 70.3 Å². The lowest BCUT2D eigenvalue weighted by molar-refractivity contribution is 0.0472. The number of esters is 1. The zero-order valence-electron chi connectivity index (χ0n) is 15.3.